The molecule has 1 aromatic heterocycles. The number of pyridine rings is 1. The van der Waals surface area contributed by atoms with E-state index in [1.165, 1.54) is 0 Å². The van der Waals surface area contributed by atoms with E-state index in [-0.39, 0.29) is 17.9 Å². The van der Waals surface area contributed by atoms with E-state index < -0.39 is 0 Å². The predicted molar refractivity (Wildman–Crippen MR) is 81.6 cm³/mol. The van der Waals surface area contributed by atoms with Crippen LogP contribution in [0.15, 0.2) is 18.2 Å². The predicted octanol–water partition coefficient (Wildman–Crippen LogP) is 2.89. The van der Waals surface area contributed by atoms with Crippen LogP contribution in [-0.2, 0) is 4.79 Å². The summed E-state index contributed by atoms with van der Waals surface area (Å²) in [5, 5.41) is 6.49. The zero-order valence-corrected chi connectivity index (χ0v) is 12.6. The van der Waals surface area contributed by atoms with Gasteiger partial charge in [0.25, 0.3) is 0 Å². The molecule has 2 N–H and O–H groups in total. The zero-order chi connectivity index (χ0) is 14.5. The van der Waals surface area contributed by atoms with Gasteiger partial charge in [-0.2, -0.15) is 0 Å². The molecule has 1 aromatic rings. The maximum Gasteiger partial charge on any atom is 0.223 e. The summed E-state index contributed by atoms with van der Waals surface area (Å²) in [6.45, 7) is 6.01. The van der Waals surface area contributed by atoms with Gasteiger partial charge in [-0.05, 0) is 52.2 Å². The standard InChI is InChI=1S/C16H25N3O/c1-11(2)17-16(20)13-7-5-8-14(10-13)19-15-9-4-6-12(3)18-15/h4,6,9,11,13-14H,5,7-8,10H2,1-3H3,(H,17,20)(H,18,19). The first-order valence-corrected chi connectivity index (χ1v) is 7.55. The molecule has 1 amide bonds. The van der Waals surface area contributed by atoms with Gasteiger partial charge in [0.1, 0.15) is 5.82 Å². The number of amides is 1. The van der Waals surface area contributed by atoms with Gasteiger partial charge in [-0.3, -0.25) is 4.79 Å². The van der Waals surface area contributed by atoms with E-state index >= 15 is 0 Å². The number of aromatic nitrogens is 1. The lowest BCUT2D eigenvalue weighted by atomic mass is 9.85. The normalized spacial score (nSPS) is 22.6. The van der Waals surface area contributed by atoms with E-state index in [1.807, 2.05) is 39.0 Å². The molecule has 0 aliphatic heterocycles. The molecule has 2 unspecified atom stereocenters. The molecule has 4 nitrogen and oxygen atoms in total. The molecule has 1 aliphatic rings. The highest BCUT2D eigenvalue weighted by molar-refractivity contribution is 5.79. The Balaban J connectivity index is 1.92. The number of nitrogens with one attached hydrogen (secondary N) is 2. The maximum absolute atomic E-state index is 12.1. The quantitative estimate of drug-likeness (QED) is 0.888. The van der Waals surface area contributed by atoms with Gasteiger partial charge >= 0.3 is 0 Å². The third-order valence-corrected chi connectivity index (χ3v) is 3.72. The van der Waals surface area contributed by atoms with Crippen LogP contribution in [-0.4, -0.2) is 23.0 Å². The van der Waals surface area contributed by atoms with Gasteiger partial charge in [0, 0.05) is 23.7 Å². The molecule has 1 fully saturated rings. The second-order valence-corrected chi connectivity index (χ2v) is 6.03. The molecular formula is C16H25N3O. The molecule has 2 atom stereocenters. The molecule has 1 heterocycles. The van der Waals surface area contributed by atoms with Crippen molar-refractivity contribution in [3.63, 3.8) is 0 Å². The molecule has 2 rings (SSSR count). The minimum Gasteiger partial charge on any atom is -0.367 e. The molecule has 0 saturated heterocycles. The molecule has 0 radical (unpaired) electrons. The fourth-order valence-electron chi connectivity index (χ4n) is 2.79. The number of hydrogen-bond donors (Lipinski definition) is 2. The summed E-state index contributed by atoms with van der Waals surface area (Å²) in [4.78, 5) is 16.6. The number of hydrogen-bond acceptors (Lipinski definition) is 3. The molecule has 1 saturated carbocycles. The van der Waals surface area contributed by atoms with E-state index in [0.29, 0.717) is 6.04 Å². The van der Waals surface area contributed by atoms with E-state index in [4.69, 9.17) is 0 Å². The van der Waals surface area contributed by atoms with Crippen LogP contribution in [0.25, 0.3) is 0 Å². The first kappa shape index (κ1) is 14.8. The summed E-state index contributed by atoms with van der Waals surface area (Å²) in [6.07, 6.45) is 4.10. The van der Waals surface area contributed by atoms with Crippen molar-refractivity contribution in [3.8, 4) is 0 Å². The van der Waals surface area contributed by atoms with E-state index in [9.17, 15) is 4.79 Å². The highest BCUT2D eigenvalue weighted by Gasteiger charge is 2.27. The number of aryl methyl sites for hydroxylation is 1. The molecule has 1 aliphatic carbocycles. The van der Waals surface area contributed by atoms with Gasteiger partial charge < -0.3 is 10.6 Å². The third-order valence-electron chi connectivity index (χ3n) is 3.72. The highest BCUT2D eigenvalue weighted by atomic mass is 16.1. The molecule has 0 aromatic carbocycles. The highest BCUT2D eigenvalue weighted by Crippen LogP contribution is 2.26. The summed E-state index contributed by atoms with van der Waals surface area (Å²) in [7, 11) is 0. The molecule has 0 spiro atoms. The van der Waals surface area contributed by atoms with Crippen molar-refractivity contribution in [3.05, 3.63) is 23.9 Å². The van der Waals surface area contributed by atoms with Crippen LogP contribution in [0, 0.1) is 12.8 Å². The Kier molecular flexibility index (Phi) is 4.99. The molecular weight excluding hydrogens is 250 g/mol. The lowest BCUT2D eigenvalue weighted by Crippen LogP contribution is -2.40. The fraction of sp³-hybridized carbons (Fsp3) is 0.625. The second kappa shape index (κ2) is 6.73. The van der Waals surface area contributed by atoms with Crippen LogP contribution < -0.4 is 10.6 Å². The van der Waals surface area contributed by atoms with Crippen molar-refractivity contribution in [1.82, 2.24) is 10.3 Å². The van der Waals surface area contributed by atoms with Crippen LogP contribution in [0.5, 0.6) is 0 Å². The van der Waals surface area contributed by atoms with E-state index in [2.05, 4.69) is 15.6 Å². The Morgan fingerprint density at radius 3 is 2.85 bits per heavy atom. The number of carbonyl (C=O) groups excluding carboxylic acids is 1. The van der Waals surface area contributed by atoms with Gasteiger partial charge in [0.05, 0.1) is 0 Å². The Morgan fingerprint density at radius 2 is 2.15 bits per heavy atom. The average molecular weight is 275 g/mol. The van der Waals surface area contributed by atoms with Crippen molar-refractivity contribution in [2.45, 2.75) is 58.5 Å². The van der Waals surface area contributed by atoms with Crippen LogP contribution in [0.1, 0.15) is 45.2 Å². The van der Waals surface area contributed by atoms with Gasteiger partial charge in [-0.1, -0.05) is 12.5 Å². The van der Waals surface area contributed by atoms with E-state index in [0.717, 1.165) is 37.2 Å². The Hall–Kier alpha value is -1.58. The van der Waals surface area contributed by atoms with Crippen LogP contribution in [0.4, 0.5) is 5.82 Å². The lowest BCUT2D eigenvalue weighted by Gasteiger charge is -2.30. The first-order chi connectivity index (χ1) is 9.54. The third kappa shape index (κ3) is 4.22. The SMILES string of the molecule is Cc1cccc(NC2CCCC(C(=O)NC(C)C)C2)n1. The van der Waals surface area contributed by atoms with Crippen LogP contribution >= 0.6 is 0 Å². The molecule has 20 heavy (non-hydrogen) atoms. The summed E-state index contributed by atoms with van der Waals surface area (Å²) in [6, 6.07) is 6.56. The fourth-order valence-corrected chi connectivity index (χ4v) is 2.79. The van der Waals surface area contributed by atoms with E-state index in [1.54, 1.807) is 0 Å². The molecule has 110 valence electrons. The lowest BCUT2D eigenvalue weighted by molar-refractivity contribution is -0.126. The molecule has 0 bridgehead atoms. The second-order valence-electron chi connectivity index (χ2n) is 6.03. The monoisotopic (exact) mass is 275 g/mol. The van der Waals surface area contributed by atoms with Crippen molar-refractivity contribution < 1.29 is 4.79 Å². The first-order valence-electron chi connectivity index (χ1n) is 7.55. The van der Waals surface area contributed by atoms with Gasteiger partial charge in [-0.15, -0.1) is 0 Å². The van der Waals surface area contributed by atoms with Crippen molar-refractivity contribution >= 4 is 11.7 Å². The van der Waals surface area contributed by atoms with Gasteiger partial charge in [-0.25, -0.2) is 4.98 Å². The zero-order valence-electron chi connectivity index (χ0n) is 12.6. The number of rotatable bonds is 4. The topological polar surface area (TPSA) is 54.0 Å². The van der Waals surface area contributed by atoms with Crippen molar-refractivity contribution in [2.24, 2.45) is 5.92 Å². The summed E-state index contributed by atoms with van der Waals surface area (Å²) >= 11 is 0. The minimum atomic E-state index is 0.133. The smallest absolute Gasteiger partial charge is 0.223 e. The number of anilines is 1. The van der Waals surface area contributed by atoms with Crippen LogP contribution in [0.3, 0.4) is 0 Å². The van der Waals surface area contributed by atoms with Crippen molar-refractivity contribution in [2.75, 3.05) is 5.32 Å². The Bertz CT molecular complexity index is 459. The number of nitrogens with zero attached hydrogens (tertiary/aromatic N) is 1. The maximum atomic E-state index is 12.1. The minimum absolute atomic E-state index is 0.133. The average Bonchev–Trinajstić information content (AvgIpc) is 2.38. The number of carbonyl (C=O) groups is 1. The Morgan fingerprint density at radius 1 is 1.35 bits per heavy atom. The van der Waals surface area contributed by atoms with Crippen molar-refractivity contribution in [1.29, 1.82) is 0 Å². The summed E-state index contributed by atoms with van der Waals surface area (Å²) in [5.41, 5.74) is 1.01. The summed E-state index contributed by atoms with van der Waals surface area (Å²) in [5.74, 6) is 1.25. The Labute approximate surface area is 121 Å². The summed E-state index contributed by atoms with van der Waals surface area (Å²) < 4.78 is 0. The van der Waals surface area contributed by atoms with Crippen LogP contribution in [0.2, 0.25) is 0 Å². The largest absolute Gasteiger partial charge is 0.367 e. The van der Waals surface area contributed by atoms with Gasteiger partial charge in [0.2, 0.25) is 5.91 Å². The van der Waals surface area contributed by atoms with Gasteiger partial charge in [0.15, 0.2) is 0 Å². The molecule has 4 heteroatoms.